The first-order valence-corrected chi connectivity index (χ1v) is 5.97. The fourth-order valence-corrected chi connectivity index (χ4v) is 1.73. The molecule has 18 heavy (non-hydrogen) atoms. The molecule has 1 aromatic rings. The maximum atomic E-state index is 13.3. The van der Waals surface area contributed by atoms with Gasteiger partial charge in [0, 0.05) is 11.8 Å². The summed E-state index contributed by atoms with van der Waals surface area (Å²) in [6.07, 6.45) is 0.0484. The van der Waals surface area contributed by atoms with E-state index in [0.717, 1.165) is 0 Å². The van der Waals surface area contributed by atoms with Crippen molar-refractivity contribution in [3.05, 3.63) is 35.6 Å². The lowest BCUT2D eigenvalue weighted by Gasteiger charge is -2.12. The third-order valence-corrected chi connectivity index (χ3v) is 2.65. The number of hydrogen-bond donors (Lipinski definition) is 3. The van der Waals surface area contributed by atoms with Gasteiger partial charge in [0.1, 0.15) is 12.2 Å². The van der Waals surface area contributed by atoms with Crippen LogP contribution in [0.2, 0.25) is 0 Å². The van der Waals surface area contributed by atoms with Crippen LogP contribution < -0.4 is 11.1 Å². The molecule has 0 fully saturated rings. The molecule has 4 nitrogen and oxygen atoms in total. The Labute approximate surface area is 110 Å². The molecule has 0 aliphatic carbocycles. The van der Waals surface area contributed by atoms with Gasteiger partial charge < -0.3 is 11.1 Å². The SMILES string of the molecule is NC(=O)CC(=O)NC[C@@H](S)Cc1ccccc1F. The molecule has 0 heterocycles. The van der Waals surface area contributed by atoms with Crippen molar-refractivity contribution < 1.29 is 14.0 Å². The normalized spacial score (nSPS) is 11.9. The van der Waals surface area contributed by atoms with Gasteiger partial charge in [-0.3, -0.25) is 9.59 Å². The number of carbonyl (C=O) groups is 2. The molecule has 98 valence electrons. The third kappa shape index (κ3) is 5.18. The molecular formula is C12H15FN2O2S. The van der Waals surface area contributed by atoms with Crippen molar-refractivity contribution in [3.8, 4) is 0 Å². The second-order valence-corrected chi connectivity index (χ2v) is 4.63. The Bertz CT molecular complexity index is 440. The van der Waals surface area contributed by atoms with Gasteiger partial charge in [0.05, 0.1) is 0 Å². The predicted molar refractivity (Wildman–Crippen MR) is 69.7 cm³/mol. The topological polar surface area (TPSA) is 72.2 Å². The minimum Gasteiger partial charge on any atom is -0.369 e. The number of halogens is 1. The lowest BCUT2D eigenvalue weighted by atomic mass is 10.1. The van der Waals surface area contributed by atoms with Gasteiger partial charge in [0.25, 0.3) is 0 Å². The zero-order chi connectivity index (χ0) is 13.5. The number of hydrogen-bond acceptors (Lipinski definition) is 3. The Morgan fingerprint density at radius 1 is 1.39 bits per heavy atom. The summed E-state index contributed by atoms with van der Waals surface area (Å²) in [6, 6.07) is 6.40. The van der Waals surface area contributed by atoms with E-state index in [9.17, 15) is 14.0 Å². The van der Waals surface area contributed by atoms with Crippen molar-refractivity contribution in [3.63, 3.8) is 0 Å². The highest BCUT2D eigenvalue weighted by Gasteiger charge is 2.11. The molecule has 0 aliphatic heterocycles. The summed E-state index contributed by atoms with van der Waals surface area (Å²) in [7, 11) is 0. The number of nitrogens with two attached hydrogens (primary N) is 1. The first kappa shape index (κ1) is 14.5. The van der Waals surface area contributed by atoms with Crippen LogP contribution in [0.3, 0.4) is 0 Å². The molecule has 3 N–H and O–H groups in total. The molecule has 0 aromatic heterocycles. The van der Waals surface area contributed by atoms with Gasteiger partial charge in [-0.05, 0) is 18.1 Å². The molecule has 6 heteroatoms. The van der Waals surface area contributed by atoms with Crippen LogP contribution in [-0.2, 0) is 16.0 Å². The van der Waals surface area contributed by atoms with Crippen LogP contribution in [0.5, 0.6) is 0 Å². The van der Waals surface area contributed by atoms with E-state index in [1.54, 1.807) is 18.2 Å². The van der Waals surface area contributed by atoms with E-state index in [2.05, 4.69) is 17.9 Å². The van der Waals surface area contributed by atoms with E-state index in [0.29, 0.717) is 12.0 Å². The molecule has 1 aromatic carbocycles. The maximum absolute atomic E-state index is 13.3. The van der Waals surface area contributed by atoms with Crippen molar-refractivity contribution in [1.82, 2.24) is 5.32 Å². The lowest BCUT2D eigenvalue weighted by molar-refractivity contribution is -0.127. The van der Waals surface area contributed by atoms with E-state index in [1.807, 2.05) is 0 Å². The number of nitrogens with one attached hydrogen (secondary N) is 1. The molecule has 1 rings (SSSR count). The van der Waals surface area contributed by atoms with Gasteiger partial charge in [-0.25, -0.2) is 4.39 Å². The van der Waals surface area contributed by atoms with E-state index in [-0.39, 0.29) is 24.0 Å². The minimum atomic E-state index is -0.683. The lowest BCUT2D eigenvalue weighted by Crippen LogP contribution is -2.33. The fraction of sp³-hybridized carbons (Fsp3) is 0.333. The van der Waals surface area contributed by atoms with E-state index >= 15 is 0 Å². The molecule has 0 unspecified atom stereocenters. The van der Waals surface area contributed by atoms with Crippen molar-refractivity contribution in [2.24, 2.45) is 5.73 Å². The van der Waals surface area contributed by atoms with Crippen molar-refractivity contribution in [2.75, 3.05) is 6.54 Å². The van der Waals surface area contributed by atoms with Crippen LogP contribution >= 0.6 is 12.6 Å². The van der Waals surface area contributed by atoms with Crippen LogP contribution in [0.25, 0.3) is 0 Å². The summed E-state index contributed by atoms with van der Waals surface area (Å²) in [6.45, 7) is 0.254. The molecule has 0 aliphatic rings. The fourth-order valence-electron chi connectivity index (χ4n) is 1.44. The molecule has 2 amide bonds. The number of primary amides is 1. The van der Waals surface area contributed by atoms with Crippen molar-refractivity contribution in [2.45, 2.75) is 18.1 Å². The highest BCUT2D eigenvalue weighted by molar-refractivity contribution is 7.81. The summed E-state index contributed by atoms with van der Waals surface area (Å²) in [4.78, 5) is 21.6. The molecule has 0 bridgehead atoms. The smallest absolute Gasteiger partial charge is 0.229 e. The third-order valence-electron chi connectivity index (χ3n) is 2.28. The van der Waals surface area contributed by atoms with Gasteiger partial charge in [-0.15, -0.1) is 0 Å². The Hall–Kier alpha value is -1.56. The number of rotatable bonds is 6. The second kappa shape index (κ2) is 7.00. The second-order valence-electron chi connectivity index (χ2n) is 3.90. The monoisotopic (exact) mass is 270 g/mol. The summed E-state index contributed by atoms with van der Waals surface area (Å²) in [5.41, 5.74) is 5.42. The van der Waals surface area contributed by atoms with Gasteiger partial charge in [0.15, 0.2) is 0 Å². The Morgan fingerprint density at radius 3 is 2.67 bits per heavy atom. The highest BCUT2D eigenvalue weighted by Crippen LogP contribution is 2.11. The van der Waals surface area contributed by atoms with E-state index in [1.165, 1.54) is 6.07 Å². The van der Waals surface area contributed by atoms with Crippen LogP contribution in [0, 0.1) is 5.82 Å². The molecule has 1 atom stereocenters. The highest BCUT2D eigenvalue weighted by atomic mass is 32.1. The Kier molecular flexibility index (Phi) is 5.64. The number of benzene rings is 1. The van der Waals surface area contributed by atoms with Gasteiger partial charge in [-0.2, -0.15) is 12.6 Å². The first-order valence-electron chi connectivity index (χ1n) is 5.45. The summed E-state index contributed by atoms with van der Waals surface area (Å²) >= 11 is 4.26. The Morgan fingerprint density at radius 2 is 2.06 bits per heavy atom. The van der Waals surface area contributed by atoms with Gasteiger partial charge >= 0.3 is 0 Å². The zero-order valence-electron chi connectivity index (χ0n) is 9.73. The van der Waals surface area contributed by atoms with Crippen LogP contribution in [-0.4, -0.2) is 23.6 Å². The van der Waals surface area contributed by atoms with Crippen LogP contribution in [0.15, 0.2) is 24.3 Å². The number of amides is 2. The number of thiol groups is 1. The van der Waals surface area contributed by atoms with E-state index in [4.69, 9.17) is 5.73 Å². The summed E-state index contributed by atoms with van der Waals surface area (Å²) < 4.78 is 13.3. The van der Waals surface area contributed by atoms with Crippen LogP contribution in [0.4, 0.5) is 4.39 Å². The average Bonchev–Trinajstić information content (AvgIpc) is 2.29. The molecule has 0 saturated heterocycles. The molecule has 0 saturated carbocycles. The minimum absolute atomic E-state index is 0.223. The Balaban J connectivity index is 2.38. The van der Waals surface area contributed by atoms with Crippen LogP contribution in [0.1, 0.15) is 12.0 Å². The standard InChI is InChI=1S/C12H15FN2O2S/c13-10-4-2-1-3-8(10)5-9(18)7-15-12(17)6-11(14)16/h1-4,9,18H,5-7H2,(H2,14,16)(H,15,17)/t9-/m0/s1. The zero-order valence-corrected chi connectivity index (χ0v) is 10.6. The molecular weight excluding hydrogens is 255 g/mol. The maximum Gasteiger partial charge on any atom is 0.229 e. The van der Waals surface area contributed by atoms with Gasteiger partial charge in [-0.1, -0.05) is 18.2 Å². The molecule has 0 spiro atoms. The summed E-state index contributed by atoms with van der Waals surface area (Å²) in [5.74, 6) is -1.42. The first-order chi connectivity index (χ1) is 8.49. The quantitative estimate of drug-likeness (QED) is 0.525. The number of carbonyl (C=O) groups excluding carboxylic acids is 2. The largest absolute Gasteiger partial charge is 0.369 e. The average molecular weight is 270 g/mol. The predicted octanol–water partition coefficient (Wildman–Crippen LogP) is 0.658. The van der Waals surface area contributed by atoms with Crippen molar-refractivity contribution >= 4 is 24.4 Å². The van der Waals surface area contributed by atoms with Crippen molar-refractivity contribution in [1.29, 1.82) is 0 Å². The molecule has 0 radical (unpaired) electrons. The van der Waals surface area contributed by atoms with E-state index < -0.39 is 11.8 Å². The summed E-state index contributed by atoms with van der Waals surface area (Å²) in [5, 5.41) is 2.29. The van der Waals surface area contributed by atoms with Gasteiger partial charge in [0.2, 0.25) is 11.8 Å².